The molecule has 0 aliphatic rings. The van der Waals surface area contributed by atoms with Gasteiger partial charge >= 0.3 is 6.18 Å². The van der Waals surface area contributed by atoms with Gasteiger partial charge in [-0.1, -0.05) is 12.1 Å². The molecule has 4 nitrogen and oxygen atoms in total. The lowest BCUT2D eigenvalue weighted by Crippen LogP contribution is -2.27. The number of nitrogens with one attached hydrogen (secondary N) is 1. The van der Waals surface area contributed by atoms with Crippen LogP contribution in [0.5, 0.6) is 5.75 Å². The molecule has 0 unspecified atom stereocenters. The Hall–Kier alpha value is -1.76. The first kappa shape index (κ1) is 17.3. The molecule has 0 fully saturated rings. The molecule has 1 amide bonds. The molecule has 1 aromatic carbocycles. The van der Waals surface area contributed by atoms with Crippen LogP contribution >= 0.6 is 0 Å². The highest BCUT2D eigenvalue weighted by Crippen LogP contribution is 2.26. The third kappa shape index (κ3) is 7.55. The maximum Gasteiger partial charge on any atom is 0.422 e. The number of carbonyl (C=O) groups excluding carboxylic acids is 1. The minimum atomic E-state index is -4.44. The van der Waals surface area contributed by atoms with E-state index < -0.39 is 24.3 Å². The first-order valence-electron chi connectivity index (χ1n) is 6.29. The number of alkyl halides is 3. The Labute approximate surface area is 121 Å². The lowest BCUT2D eigenvalue weighted by Gasteiger charge is -2.19. The number of rotatable bonds is 5. The first-order chi connectivity index (χ1) is 9.57. The van der Waals surface area contributed by atoms with Gasteiger partial charge in [-0.05, 0) is 32.9 Å². The Balaban J connectivity index is 2.64. The van der Waals surface area contributed by atoms with Crippen molar-refractivity contribution in [2.24, 2.45) is 0 Å². The highest BCUT2D eigenvalue weighted by Gasteiger charge is 2.28. The number of ether oxygens (including phenoxy) is 2. The summed E-state index contributed by atoms with van der Waals surface area (Å²) in [7, 11) is 0. The molecule has 0 bridgehead atoms. The Morgan fingerprint density at radius 2 is 1.81 bits per heavy atom. The molecule has 0 heterocycles. The molecule has 1 rings (SSSR count). The van der Waals surface area contributed by atoms with Crippen molar-refractivity contribution < 1.29 is 27.4 Å². The average Bonchev–Trinajstić information content (AvgIpc) is 2.33. The second-order valence-corrected chi connectivity index (χ2v) is 5.35. The summed E-state index contributed by atoms with van der Waals surface area (Å²) in [5.41, 5.74) is -0.312. The molecule has 118 valence electrons. The summed E-state index contributed by atoms with van der Waals surface area (Å²) in [6.07, 6.45) is -4.44. The molecule has 1 aromatic rings. The summed E-state index contributed by atoms with van der Waals surface area (Å²) in [4.78, 5) is 11.7. The second-order valence-electron chi connectivity index (χ2n) is 5.35. The molecule has 21 heavy (non-hydrogen) atoms. The van der Waals surface area contributed by atoms with Gasteiger partial charge in [0.05, 0.1) is 11.3 Å². The summed E-state index contributed by atoms with van der Waals surface area (Å²) in [5.74, 6) is -0.507. The number of anilines is 1. The lowest BCUT2D eigenvalue weighted by atomic mass is 10.2. The van der Waals surface area contributed by atoms with Gasteiger partial charge in [0.2, 0.25) is 5.91 Å². The van der Waals surface area contributed by atoms with Gasteiger partial charge in [-0.2, -0.15) is 13.2 Å². The number of hydrogen-bond donors (Lipinski definition) is 1. The highest BCUT2D eigenvalue weighted by molar-refractivity contribution is 5.93. The summed E-state index contributed by atoms with van der Waals surface area (Å²) in [6, 6.07) is 5.92. The van der Waals surface area contributed by atoms with Gasteiger partial charge in [0.15, 0.2) is 6.61 Å². The first-order valence-corrected chi connectivity index (χ1v) is 6.29. The van der Waals surface area contributed by atoms with E-state index in [1.54, 1.807) is 26.8 Å². The summed E-state index contributed by atoms with van der Waals surface area (Å²) in [5, 5.41) is 2.46. The molecule has 0 radical (unpaired) electrons. The van der Waals surface area contributed by atoms with E-state index >= 15 is 0 Å². The molecule has 0 spiro atoms. The topological polar surface area (TPSA) is 47.6 Å². The van der Waals surface area contributed by atoms with Gasteiger partial charge in [-0.3, -0.25) is 4.79 Å². The highest BCUT2D eigenvalue weighted by atomic mass is 19.4. The van der Waals surface area contributed by atoms with Crippen molar-refractivity contribution in [1.82, 2.24) is 0 Å². The van der Waals surface area contributed by atoms with Crippen molar-refractivity contribution >= 4 is 11.6 Å². The molecule has 0 aliphatic heterocycles. The molecule has 0 saturated heterocycles. The van der Waals surface area contributed by atoms with Gasteiger partial charge in [-0.15, -0.1) is 0 Å². The zero-order valence-electron chi connectivity index (χ0n) is 12.1. The molecule has 7 heteroatoms. The predicted octanol–water partition coefficient (Wildman–Crippen LogP) is 3.38. The minimum absolute atomic E-state index is 0.0427. The Morgan fingerprint density at radius 1 is 1.19 bits per heavy atom. The van der Waals surface area contributed by atoms with Crippen LogP contribution in [-0.2, 0) is 9.53 Å². The van der Waals surface area contributed by atoms with E-state index in [1.165, 1.54) is 18.2 Å². The quantitative estimate of drug-likeness (QED) is 0.907. The van der Waals surface area contributed by atoms with Crippen LogP contribution in [0.3, 0.4) is 0 Å². The normalized spacial score (nSPS) is 12.1. The molecular weight excluding hydrogens is 287 g/mol. The van der Waals surface area contributed by atoms with Crippen molar-refractivity contribution in [2.45, 2.75) is 32.5 Å². The van der Waals surface area contributed by atoms with Crippen molar-refractivity contribution in [1.29, 1.82) is 0 Å². The smallest absolute Gasteiger partial charge is 0.422 e. The third-order valence-corrected chi connectivity index (χ3v) is 2.19. The van der Waals surface area contributed by atoms with Crippen molar-refractivity contribution in [3.63, 3.8) is 0 Å². The van der Waals surface area contributed by atoms with Gasteiger partial charge in [-0.25, -0.2) is 0 Å². The van der Waals surface area contributed by atoms with E-state index in [0.717, 1.165) is 0 Å². The number of halogens is 3. The Kier molecular flexibility index (Phi) is 5.60. The van der Waals surface area contributed by atoms with Crippen molar-refractivity contribution in [3.05, 3.63) is 24.3 Å². The Bertz CT molecular complexity index is 481. The molecular formula is C14H18F3NO3. The molecule has 0 aliphatic carbocycles. The molecule has 1 N–H and O–H groups in total. The van der Waals surface area contributed by atoms with E-state index in [9.17, 15) is 18.0 Å². The van der Waals surface area contributed by atoms with Crippen LogP contribution in [0, 0.1) is 0 Å². The predicted molar refractivity (Wildman–Crippen MR) is 72.3 cm³/mol. The monoisotopic (exact) mass is 305 g/mol. The number of amides is 1. The van der Waals surface area contributed by atoms with Gasteiger partial charge in [0, 0.05) is 0 Å². The van der Waals surface area contributed by atoms with E-state index in [-0.39, 0.29) is 18.0 Å². The SMILES string of the molecule is CC(C)(C)OCC(=O)Nc1ccccc1OCC(F)(F)F. The number of para-hydroxylation sites is 2. The molecule has 0 aromatic heterocycles. The second kappa shape index (κ2) is 6.80. The zero-order chi connectivity index (χ0) is 16.1. The summed E-state index contributed by atoms with van der Waals surface area (Å²) < 4.78 is 46.4. The fraction of sp³-hybridized carbons (Fsp3) is 0.500. The number of hydrogen-bond acceptors (Lipinski definition) is 3. The van der Waals surface area contributed by atoms with Crippen LogP contribution in [0.2, 0.25) is 0 Å². The van der Waals surface area contributed by atoms with E-state index in [4.69, 9.17) is 4.74 Å². The van der Waals surface area contributed by atoms with Crippen LogP contribution in [0.1, 0.15) is 20.8 Å². The zero-order valence-corrected chi connectivity index (χ0v) is 12.1. The van der Waals surface area contributed by atoms with Gasteiger partial charge < -0.3 is 14.8 Å². The van der Waals surface area contributed by atoms with Crippen LogP contribution in [0.25, 0.3) is 0 Å². The lowest BCUT2D eigenvalue weighted by molar-refractivity contribution is -0.153. The fourth-order valence-electron chi connectivity index (χ4n) is 1.32. The van der Waals surface area contributed by atoms with E-state index in [1.807, 2.05) is 0 Å². The summed E-state index contributed by atoms with van der Waals surface area (Å²) >= 11 is 0. The van der Waals surface area contributed by atoms with Gasteiger partial charge in [0.1, 0.15) is 12.4 Å². The number of benzene rings is 1. The molecule has 0 atom stereocenters. The van der Waals surface area contributed by atoms with Crippen LogP contribution in [0.4, 0.5) is 18.9 Å². The van der Waals surface area contributed by atoms with Crippen molar-refractivity contribution in [3.8, 4) is 5.75 Å². The van der Waals surface area contributed by atoms with Crippen molar-refractivity contribution in [2.75, 3.05) is 18.5 Å². The van der Waals surface area contributed by atoms with E-state index in [0.29, 0.717) is 0 Å². The number of carbonyl (C=O) groups is 1. The largest absolute Gasteiger partial charge is 0.482 e. The van der Waals surface area contributed by atoms with Crippen LogP contribution in [-0.4, -0.2) is 30.9 Å². The van der Waals surface area contributed by atoms with Crippen LogP contribution < -0.4 is 10.1 Å². The van der Waals surface area contributed by atoms with Gasteiger partial charge in [0.25, 0.3) is 0 Å². The maximum atomic E-state index is 12.2. The molecule has 0 saturated carbocycles. The Morgan fingerprint density at radius 3 is 2.38 bits per heavy atom. The fourth-order valence-corrected chi connectivity index (χ4v) is 1.32. The van der Waals surface area contributed by atoms with E-state index in [2.05, 4.69) is 10.1 Å². The van der Waals surface area contributed by atoms with Crippen LogP contribution in [0.15, 0.2) is 24.3 Å². The summed E-state index contributed by atoms with van der Waals surface area (Å²) in [6.45, 7) is 3.76. The minimum Gasteiger partial charge on any atom is -0.482 e. The third-order valence-electron chi connectivity index (χ3n) is 2.19. The maximum absolute atomic E-state index is 12.2. The average molecular weight is 305 g/mol. The standard InChI is InChI=1S/C14H18F3NO3/c1-13(2,3)21-8-12(19)18-10-6-4-5-7-11(10)20-9-14(15,16)17/h4-7H,8-9H2,1-3H3,(H,18,19).